The van der Waals surface area contributed by atoms with Crippen LogP contribution in [0.15, 0.2) is 29.2 Å². The van der Waals surface area contributed by atoms with Gasteiger partial charge in [-0.3, -0.25) is 10.3 Å². The second-order valence-electron chi connectivity index (χ2n) is 3.32. The highest BCUT2D eigenvalue weighted by Gasteiger charge is 2.31. The van der Waals surface area contributed by atoms with E-state index in [2.05, 4.69) is 30.5 Å². The molecule has 2 heterocycles. The molecule has 0 bridgehead atoms. The Morgan fingerprint density at radius 3 is 2.63 bits per heavy atom. The first-order chi connectivity index (χ1) is 8.95. The molecule has 0 spiro atoms. The molecule has 0 aliphatic rings. The highest BCUT2D eigenvalue weighted by Crippen LogP contribution is 2.29. The molecule has 2 rings (SSSR count). The largest absolute Gasteiger partial charge is 0.417 e. The highest BCUT2D eigenvalue weighted by atomic mass is 19.4. The standard InChI is InChI=1S/C9H6F3N5O2/c10-9(11,12)5-1-6(3-13-2-5)15-8(18)16-7-4-14-17-19-7/h1-4H,(H2,15,16,18). The first kappa shape index (κ1) is 12.8. The molecule has 2 N–H and O–H groups in total. The van der Waals surface area contributed by atoms with Crippen LogP contribution < -0.4 is 10.6 Å². The molecule has 0 fully saturated rings. The minimum atomic E-state index is -4.53. The van der Waals surface area contributed by atoms with Crippen LogP contribution in [-0.4, -0.2) is 21.4 Å². The van der Waals surface area contributed by atoms with Crippen molar-refractivity contribution in [3.8, 4) is 0 Å². The zero-order valence-corrected chi connectivity index (χ0v) is 9.10. The van der Waals surface area contributed by atoms with Crippen LogP contribution in [0.2, 0.25) is 0 Å². The van der Waals surface area contributed by atoms with E-state index in [9.17, 15) is 18.0 Å². The third-order valence-corrected chi connectivity index (χ3v) is 1.92. The van der Waals surface area contributed by atoms with Gasteiger partial charge in [0.1, 0.15) is 6.20 Å². The second kappa shape index (κ2) is 4.92. The predicted octanol–water partition coefficient (Wildman–Crippen LogP) is 2.13. The topological polar surface area (TPSA) is 92.9 Å². The number of carbonyl (C=O) groups excluding carboxylic acids is 1. The number of alkyl halides is 3. The lowest BCUT2D eigenvalue weighted by Gasteiger charge is -2.08. The van der Waals surface area contributed by atoms with E-state index >= 15 is 0 Å². The van der Waals surface area contributed by atoms with Gasteiger partial charge in [-0.1, -0.05) is 0 Å². The van der Waals surface area contributed by atoms with Crippen LogP contribution in [0, 0.1) is 0 Å². The first-order valence-corrected chi connectivity index (χ1v) is 4.83. The smallest absolute Gasteiger partial charge is 0.319 e. The molecule has 0 aromatic carbocycles. The highest BCUT2D eigenvalue weighted by molar-refractivity contribution is 5.98. The Morgan fingerprint density at radius 2 is 2.00 bits per heavy atom. The Bertz CT molecular complexity index is 569. The maximum Gasteiger partial charge on any atom is 0.417 e. The molecule has 0 saturated heterocycles. The average Bonchev–Trinajstić information content (AvgIpc) is 2.80. The molecule has 0 saturated carbocycles. The van der Waals surface area contributed by atoms with Crippen LogP contribution in [0.4, 0.5) is 29.5 Å². The van der Waals surface area contributed by atoms with Gasteiger partial charge < -0.3 is 9.84 Å². The number of rotatable bonds is 2. The molecule has 10 heteroatoms. The van der Waals surface area contributed by atoms with Gasteiger partial charge in [0.05, 0.1) is 17.4 Å². The number of nitrogens with one attached hydrogen (secondary N) is 2. The number of amides is 2. The lowest BCUT2D eigenvalue weighted by Crippen LogP contribution is -2.19. The van der Waals surface area contributed by atoms with Crippen molar-refractivity contribution >= 4 is 17.6 Å². The van der Waals surface area contributed by atoms with E-state index in [1.54, 1.807) is 0 Å². The van der Waals surface area contributed by atoms with E-state index in [4.69, 9.17) is 0 Å². The molecular weight excluding hydrogens is 267 g/mol. The summed E-state index contributed by atoms with van der Waals surface area (Å²) >= 11 is 0. The van der Waals surface area contributed by atoms with Gasteiger partial charge in [-0.15, -0.1) is 5.10 Å². The Morgan fingerprint density at radius 1 is 1.21 bits per heavy atom. The van der Waals surface area contributed by atoms with Gasteiger partial charge in [0.15, 0.2) is 0 Å². The van der Waals surface area contributed by atoms with Crippen LogP contribution in [0.25, 0.3) is 0 Å². The van der Waals surface area contributed by atoms with Gasteiger partial charge in [0, 0.05) is 11.5 Å². The molecule has 0 aliphatic carbocycles. The Kier molecular flexibility index (Phi) is 3.31. The molecule has 100 valence electrons. The summed E-state index contributed by atoms with van der Waals surface area (Å²) in [6, 6.07) is -0.0507. The van der Waals surface area contributed by atoms with Gasteiger partial charge in [-0.25, -0.2) is 4.79 Å². The summed E-state index contributed by atoms with van der Waals surface area (Å²) in [7, 11) is 0. The average molecular weight is 273 g/mol. The maximum atomic E-state index is 12.4. The van der Waals surface area contributed by atoms with E-state index < -0.39 is 17.8 Å². The van der Waals surface area contributed by atoms with Crippen molar-refractivity contribution in [2.45, 2.75) is 6.18 Å². The number of urea groups is 1. The fourth-order valence-corrected chi connectivity index (χ4v) is 1.16. The number of carbonyl (C=O) groups is 1. The normalized spacial score (nSPS) is 11.1. The molecule has 2 aromatic heterocycles. The van der Waals surface area contributed by atoms with Crippen LogP contribution in [0.5, 0.6) is 0 Å². The monoisotopic (exact) mass is 273 g/mol. The molecule has 19 heavy (non-hydrogen) atoms. The summed E-state index contributed by atoms with van der Waals surface area (Å²) in [5.74, 6) is -0.0440. The third kappa shape index (κ3) is 3.40. The lowest BCUT2D eigenvalue weighted by molar-refractivity contribution is -0.137. The zero-order chi connectivity index (χ0) is 13.9. The van der Waals surface area contributed by atoms with Crippen LogP contribution in [-0.2, 0) is 6.18 Å². The zero-order valence-electron chi connectivity index (χ0n) is 9.10. The Hall–Kier alpha value is -2.65. The van der Waals surface area contributed by atoms with E-state index in [1.807, 2.05) is 0 Å². The molecule has 2 aromatic rings. The summed E-state index contributed by atoms with van der Waals surface area (Å²) < 4.78 is 41.7. The number of hydrogen-bond acceptors (Lipinski definition) is 5. The summed E-state index contributed by atoms with van der Waals surface area (Å²) in [5, 5.41) is 10.8. The molecule has 7 nitrogen and oxygen atoms in total. The number of hydrogen-bond donors (Lipinski definition) is 2. The van der Waals surface area contributed by atoms with Gasteiger partial charge in [-0.05, 0) is 6.07 Å². The van der Waals surface area contributed by atoms with Crippen LogP contribution >= 0.6 is 0 Å². The van der Waals surface area contributed by atoms with E-state index in [-0.39, 0.29) is 11.6 Å². The number of nitrogens with zero attached hydrogens (tertiary/aromatic N) is 3. The lowest BCUT2D eigenvalue weighted by atomic mass is 10.2. The third-order valence-electron chi connectivity index (χ3n) is 1.92. The van der Waals surface area contributed by atoms with E-state index in [1.165, 1.54) is 0 Å². The summed E-state index contributed by atoms with van der Waals surface area (Å²) in [5.41, 5.74) is -1.08. The molecule has 0 unspecified atom stereocenters. The SMILES string of the molecule is O=C(Nc1cncc(C(F)(F)F)c1)Nc1cnno1. The Balaban J connectivity index is 2.05. The van der Waals surface area contributed by atoms with Crippen molar-refractivity contribution < 1.29 is 22.5 Å². The number of pyridine rings is 1. The summed E-state index contributed by atoms with van der Waals surface area (Å²) in [6.07, 6.45) is -1.67. The van der Waals surface area contributed by atoms with Crippen LogP contribution in [0.1, 0.15) is 5.56 Å². The number of halogens is 3. The quantitative estimate of drug-likeness (QED) is 0.874. The van der Waals surface area contributed by atoms with E-state index in [0.717, 1.165) is 18.5 Å². The molecule has 0 aliphatic heterocycles. The van der Waals surface area contributed by atoms with Crippen LogP contribution in [0.3, 0.4) is 0 Å². The van der Waals surface area contributed by atoms with Crippen molar-refractivity contribution in [2.75, 3.05) is 10.6 Å². The summed E-state index contributed by atoms with van der Waals surface area (Å²) in [6.45, 7) is 0. The fourth-order valence-electron chi connectivity index (χ4n) is 1.16. The van der Waals surface area contributed by atoms with E-state index in [0.29, 0.717) is 6.20 Å². The molecule has 0 atom stereocenters. The number of aromatic nitrogens is 3. The second-order valence-corrected chi connectivity index (χ2v) is 3.32. The van der Waals surface area contributed by atoms with Crippen molar-refractivity contribution in [2.24, 2.45) is 0 Å². The molecular formula is C9H6F3N5O2. The number of anilines is 2. The van der Waals surface area contributed by atoms with Gasteiger partial charge in [0.2, 0.25) is 0 Å². The summed E-state index contributed by atoms with van der Waals surface area (Å²) in [4.78, 5) is 14.8. The van der Waals surface area contributed by atoms with Crippen molar-refractivity contribution in [3.05, 3.63) is 30.2 Å². The first-order valence-electron chi connectivity index (χ1n) is 4.83. The molecule has 2 amide bonds. The van der Waals surface area contributed by atoms with Crippen molar-refractivity contribution in [3.63, 3.8) is 0 Å². The van der Waals surface area contributed by atoms with Gasteiger partial charge >= 0.3 is 12.2 Å². The maximum absolute atomic E-state index is 12.4. The fraction of sp³-hybridized carbons (Fsp3) is 0.111. The van der Waals surface area contributed by atoms with Crippen molar-refractivity contribution in [1.29, 1.82) is 0 Å². The Labute approximate surface area is 103 Å². The minimum Gasteiger partial charge on any atom is -0.319 e. The molecule has 0 radical (unpaired) electrons. The van der Waals surface area contributed by atoms with Crippen molar-refractivity contribution in [1.82, 2.24) is 15.4 Å². The predicted molar refractivity (Wildman–Crippen MR) is 56.2 cm³/mol. The van der Waals surface area contributed by atoms with Gasteiger partial charge in [0.25, 0.3) is 5.88 Å². The van der Waals surface area contributed by atoms with Gasteiger partial charge in [-0.2, -0.15) is 13.2 Å². The minimum absolute atomic E-state index is 0.0440.